The van der Waals surface area contributed by atoms with Gasteiger partial charge in [0.05, 0.1) is 5.69 Å². The van der Waals surface area contributed by atoms with Gasteiger partial charge < -0.3 is 10.2 Å². The van der Waals surface area contributed by atoms with Gasteiger partial charge in [-0.1, -0.05) is 12.1 Å². The first-order valence-corrected chi connectivity index (χ1v) is 5.90. The highest BCUT2D eigenvalue weighted by Crippen LogP contribution is 2.30. The van der Waals surface area contributed by atoms with Crippen molar-refractivity contribution in [3.05, 3.63) is 41.3 Å². The third-order valence-corrected chi connectivity index (χ3v) is 3.20. The highest BCUT2D eigenvalue weighted by Gasteiger charge is 2.07. The molecule has 0 radical (unpaired) electrons. The van der Waals surface area contributed by atoms with E-state index in [1.54, 1.807) is 6.26 Å². The van der Waals surface area contributed by atoms with Gasteiger partial charge in [-0.05, 0) is 42.8 Å². The molecule has 0 atom stereocenters. The third kappa shape index (κ3) is 2.46. The lowest BCUT2D eigenvalue weighted by atomic mass is 10.1. The Hall–Kier alpha value is -1.26. The number of rotatable bonds is 3. The summed E-state index contributed by atoms with van der Waals surface area (Å²) in [4.78, 5) is 5.38. The van der Waals surface area contributed by atoms with Crippen LogP contribution in [0.1, 0.15) is 16.8 Å². The van der Waals surface area contributed by atoms with Gasteiger partial charge in [-0.25, -0.2) is 4.98 Å². The van der Waals surface area contributed by atoms with Crippen molar-refractivity contribution in [2.75, 3.05) is 0 Å². The van der Waals surface area contributed by atoms with E-state index in [2.05, 4.69) is 24.0 Å². The van der Waals surface area contributed by atoms with Crippen LogP contribution < -0.4 is 5.73 Å². The van der Waals surface area contributed by atoms with Crippen LogP contribution >= 0.6 is 11.8 Å². The Bertz CT molecular complexity index is 494. The molecule has 1 aromatic heterocycles. The van der Waals surface area contributed by atoms with E-state index < -0.39 is 0 Å². The zero-order valence-corrected chi connectivity index (χ0v) is 10.2. The van der Waals surface area contributed by atoms with Gasteiger partial charge in [0.2, 0.25) is 0 Å². The van der Waals surface area contributed by atoms with Gasteiger partial charge in [-0.3, -0.25) is 0 Å². The SMILES string of the molecule is Cc1ccc(CN)c(Sc2nc(C)co2)c1. The molecule has 2 N–H and O–H groups in total. The minimum atomic E-state index is 0.530. The van der Waals surface area contributed by atoms with Crippen LogP contribution in [0, 0.1) is 13.8 Å². The number of nitrogens with two attached hydrogens (primary N) is 1. The average molecular weight is 234 g/mol. The lowest BCUT2D eigenvalue weighted by Gasteiger charge is -2.05. The van der Waals surface area contributed by atoms with Crippen molar-refractivity contribution in [1.82, 2.24) is 4.98 Å². The first kappa shape index (κ1) is 11.2. The van der Waals surface area contributed by atoms with Gasteiger partial charge in [-0.2, -0.15) is 0 Å². The Morgan fingerprint density at radius 3 is 2.81 bits per heavy atom. The molecule has 0 unspecified atom stereocenters. The molecule has 0 amide bonds. The van der Waals surface area contributed by atoms with E-state index in [-0.39, 0.29) is 0 Å². The fourth-order valence-electron chi connectivity index (χ4n) is 1.40. The third-order valence-electron chi connectivity index (χ3n) is 2.24. The van der Waals surface area contributed by atoms with E-state index in [0.717, 1.165) is 16.2 Å². The molecular weight excluding hydrogens is 220 g/mol. The molecule has 0 aliphatic rings. The number of benzene rings is 1. The number of hydrogen-bond donors (Lipinski definition) is 1. The van der Waals surface area contributed by atoms with E-state index in [0.29, 0.717) is 11.8 Å². The van der Waals surface area contributed by atoms with Gasteiger partial charge in [0.15, 0.2) is 0 Å². The van der Waals surface area contributed by atoms with E-state index >= 15 is 0 Å². The topological polar surface area (TPSA) is 52.0 Å². The summed E-state index contributed by atoms with van der Waals surface area (Å²) in [7, 11) is 0. The van der Waals surface area contributed by atoms with Crippen LogP contribution in [-0.2, 0) is 6.54 Å². The highest BCUT2D eigenvalue weighted by atomic mass is 32.2. The van der Waals surface area contributed by atoms with Crippen LogP contribution in [0.5, 0.6) is 0 Å². The number of aromatic nitrogens is 1. The van der Waals surface area contributed by atoms with Crippen molar-refractivity contribution in [3.63, 3.8) is 0 Å². The van der Waals surface area contributed by atoms with Gasteiger partial charge in [-0.15, -0.1) is 0 Å². The maximum Gasteiger partial charge on any atom is 0.260 e. The maximum absolute atomic E-state index is 5.70. The lowest BCUT2D eigenvalue weighted by Crippen LogP contribution is -1.98. The van der Waals surface area contributed by atoms with Gasteiger partial charge in [0.1, 0.15) is 6.26 Å². The molecule has 4 heteroatoms. The van der Waals surface area contributed by atoms with Crippen LogP contribution in [-0.4, -0.2) is 4.98 Å². The fraction of sp³-hybridized carbons (Fsp3) is 0.250. The number of nitrogens with zero attached hydrogens (tertiary/aromatic N) is 1. The zero-order chi connectivity index (χ0) is 11.5. The molecule has 3 nitrogen and oxygen atoms in total. The fourth-order valence-corrected chi connectivity index (χ4v) is 2.40. The molecule has 0 aliphatic heterocycles. The summed E-state index contributed by atoms with van der Waals surface area (Å²) in [5, 5.41) is 0.665. The summed E-state index contributed by atoms with van der Waals surface area (Å²) in [5.41, 5.74) is 8.92. The van der Waals surface area contributed by atoms with Crippen LogP contribution in [0.15, 0.2) is 39.0 Å². The molecule has 0 spiro atoms. The molecule has 2 aromatic rings. The Balaban J connectivity index is 2.29. The van der Waals surface area contributed by atoms with Crippen molar-refractivity contribution in [3.8, 4) is 0 Å². The van der Waals surface area contributed by atoms with Crippen molar-refractivity contribution in [1.29, 1.82) is 0 Å². The Morgan fingerprint density at radius 1 is 1.38 bits per heavy atom. The van der Waals surface area contributed by atoms with Gasteiger partial charge in [0.25, 0.3) is 5.22 Å². The Morgan fingerprint density at radius 2 is 2.19 bits per heavy atom. The molecule has 84 valence electrons. The summed E-state index contributed by atoms with van der Waals surface area (Å²) >= 11 is 1.52. The lowest BCUT2D eigenvalue weighted by molar-refractivity contribution is 0.454. The summed E-state index contributed by atoms with van der Waals surface area (Å²) in [6, 6.07) is 6.22. The molecule has 16 heavy (non-hydrogen) atoms. The molecule has 0 saturated heterocycles. The summed E-state index contributed by atoms with van der Waals surface area (Å²) in [6.45, 7) is 4.50. The number of oxazole rings is 1. The largest absolute Gasteiger partial charge is 0.439 e. The van der Waals surface area contributed by atoms with Gasteiger partial charge >= 0.3 is 0 Å². The van der Waals surface area contributed by atoms with Crippen LogP contribution in [0.2, 0.25) is 0 Å². The summed E-state index contributed by atoms with van der Waals surface area (Å²) in [5.74, 6) is 0. The van der Waals surface area contributed by atoms with Crippen molar-refractivity contribution in [2.45, 2.75) is 30.5 Å². The minimum absolute atomic E-state index is 0.530. The molecular formula is C12H14N2OS. The molecule has 0 fully saturated rings. The monoisotopic (exact) mass is 234 g/mol. The second kappa shape index (κ2) is 4.72. The van der Waals surface area contributed by atoms with Crippen LogP contribution in [0.3, 0.4) is 0 Å². The van der Waals surface area contributed by atoms with Crippen LogP contribution in [0.25, 0.3) is 0 Å². The zero-order valence-electron chi connectivity index (χ0n) is 9.36. The van der Waals surface area contributed by atoms with E-state index in [9.17, 15) is 0 Å². The first-order valence-electron chi connectivity index (χ1n) is 5.08. The summed E-state index contributed by atoms with van der Waals surface area (Å²) < 4.78 is 5.32. The van der Waals surface area contributed by atoms with E-state index in [1.165, 1.54) is 17.3 Å². The quantitative estimate of drug-likeness (QED) is 0.887. The Kier molecular flexibility index (Phi) is 3.31. The highest BCUT2D eigenvalue weighted by molar-refractivity contribution is 7.99. The van der Waals surface area contributed by atoms with Crippen molar-refractivity contribution < 1.29 is 4.42 Å². The summed E-state index contributed by atoms with van der Waals surface area (Å²) in [6.07, 6.45) is 1.65. The minimum Gasteiger partial charge on any atom is -0.439 e. The van der Waals surface area contributed by atoms with Gasteiger partial charge in [0, 0.05) is 11.4 Å². The molecule has 1 aromatic carbocycles. The molecule has 1 heterocycles. The van der Waals surface area contributed by atoms with E-state index in [1.807, 2.05) is 13.0 Å². The maximum atomic E-state index is 5.70. The standard InChI is InChI=1S/C12H14N2OS/c1-8-3-4-10(6-13)11(5-8)16-12-14-9(2)7-15-12/h3-5,7H,6,13H2,1-2H3. The molecule has 2 rings (SSSR count). The van der Waals surface area contributed by atoms with Crippen molar-refractivity contribution in [2.24, 2.45) is 5.73 Å². The predicted octanol–water partition coefficient (Wildman–Crippen LogP) is 2.90. The second-order valence-corrected chi connectivity index (χ2v) is 4.67. The molecule has 0 bridgehead atoms. The molecule has 0 saturated carbocycles. The normalized spacial score (nSPS) is 10.7. The second-order valence-electron chi connectivity index (χ2n) is 3.67. The van der Waals surface area contributed by atoms with E-state index in [4.69, 9.17) is 10.2 Å². The van der Waals surface area contributed by atoms with Crippen LogP contribution in [0.4, 0.5) is 0 Å². The first-order chi connectivity index (χ1) is 7.69. The number of hydrogen-bond acceptors (Lipinski definition) is 4. The average Bonchev–Trinajstić information content (AvgIpc) is 2.64. The Labute approximate surface area is 99.1 Å². The molecule has 0 aliphatic carbocycles. The smallest absolute Gasteiger partial charge is 0.260 e. The number of aryl methyl sites for hydroxylation is 2. The predicted molar refractivity (Wildman–Crippen MR) is 64.4 cm³/mol. The van der Waals surface area contributed by atoms with Crippen molar-refractivity contribution >= 4 is 11.8 Å².